The standard InChI is InChI=1S/C18H20ClN/c19-16-11-5-4-10-15(16)18(14-8-2-1-3-9-14)17-12-6-7-13-20-17/h4-7,10-14,18H,1-3,8-9H2. The van der Waals surface area contributed by atoms with Crippen molar-refractivity contribution in [2.45, 2.75) is 38.0 Å². The zero-order valence-electron chi connectivity index (χ0n) is 11.6. The van der Waals surface area contributed by atoms with Gasteiger partial charge in [0.15, 0.2) is 0 Å². The van der Waals surface area contributed by atoms with Gasteiger partial charge < -0.3 is 0 Å². The summed E-state index contributed by atoms with van der Waals surface area (Å²) in [5.41, 5.74) is 2.40. The summed E-state index contributed by atoms with van der Waals surface area (Å²) in [5, 5.41) is 0.869. The Labute approximate surface area is 126 Å². The lowest BCUT2D eigenvalue weighted by molar-refractivity contribution is 0.324. The number of benzene rings is 1. The van der Waals surface area contributed by atoms with Crippen molar-refractivity contribution in [3.05, 3.63) is 64.9 Å². The second-order valence-electron chi connectivity index (χ2n) is 5.65. The minimum absolute atomic E-state index is 0.338. The highest BCUT2D eigenvalue weighted by atomic mass is 35.5. The van der Waals surface area contributed by atoms with Gasteiger partial charge in [-0.3, -0.25) is 4.98 Å². The first-order valence-corrected chi connectivity index (χ1v) is 7.89. The van der Waals surface area contributed by atoms with Crippen molar-refractivity contribution in [3.8, 4) is 0 Å². The Kier molecular flexibility index (Phi) is 4.37. The number of halogens is 1. The van der Waals surface area contributed by atoms with Crippen LogP contribution in [0.3, 0.4) is 0 Å². The molecule has 1 aromatic heterocycles. The molecular weight excluding hydrogens is 266 g/mol. The Hall–Kier alpha value is -1.34. The third-order valence-electron chi connectivity index (χ3n) is 4.37. The molecule has 0 N–H and O–H groups in total. The van der Waals surface area contributed by atoms with Crippen LogP contribution in [0, 0.1) is 5.92 Å². The van der Waals surface area contributed by atoms with Crippen molar-refractivity contribution in [2.75, 3.05) is 0 Å². The molecule has 1 nitrogen and oxygen atoms in total. The van der Waals surface area contributed by atoms with Crippen molar-refractivity contribution < 1.29 is 0 Å². The van der Waals surface area contributed by atoms with E-state index in [1.165, 1.54) is 37.7 Å². The van der Waals surface area contributed by atoms with Crippen LogP contribution in [0.4, 0.5) is 0 Å². The van der Waals surface area contributed by atoms with Crippen molar-refractivity contribution in [1.29, 1.82) is 0 Å². The summed E-state index contributed by atoms with van der Waals surface area (Å²) >= 11 is 6.46. The van der Waals surface area contributed by atoms with Gasteiger partial charge in [0, 0.05) is 22.8 Å². The second kappa shape index (κ2) is 6.41. The summed E-state index contributed by atoms with van der Waals surface area (Å²) in [4.78, 5) is 4.61. The molecule has 1 aliphatic rings. The summed E-state index contributed by atoms with van der Waals surface area (Å²) in [6.45, 7) is 0. The lowest BCUT2D eigenvalue weighted by Crippen LogP contribution is -2.18. The highest BCUT2D eigenvalue weighted by Gasteiger charge is 2.28. The van der Waals surface area contributed by atoms with Gasteiger partial charge in [-0.15, -0.1) is 0 Å². The number of aromatic nitrogens is 1. The first-order chi connectivity index (χ1) is 9.86. The highest BCUT2D eigenvalue weighted by molar-refractivity contribution is 6.31. The molecular formula is C18H20ClN. The molecule has 0 amide bonds. The maximum Gasteiger partial charge on any atom is 0.0481 e. The lowest BCUT2D eigenvalue weighted by Gasteiger charge is -2.30. The molecule has 0 bridgehead atoms. The van der Waals surface area contributed by atoms with E-state index in [0.717, 1.165) is 10.7 Å². The maximum atomic E-state index is 6.46. The molecule has 2 aromatic rings. The smallest absolute Gasteiger partial charge is 0.0481 e. The highest BCUT2D eigenvalue weighted by Crippen LogP contribution is 2.41. The Morgan fingerprint density at radius 3 is 2.40 bits per heavy atom. The van der Waals surface area contributed by atoms with Gasteiger partial charge in [-0.2, -0.15) is 0 Å². The Morgan fingerprint density at radius 1 is 0.950 bits per heavy atom. The molecule has 1 aliphatic carbocycles. The maximum absolute atomic E-state index is 6.46. The van der Waals surface area contributed by atoms with Gasteiger partial charge >= 0.3 is 0 Å². The summed E-state index contributed by atoms with van der Waals surface area (Å²) in [7, 11) is 0. The predicted octanol–water partition coefficient (Wildman–Crippen LogP) is 5.45. The van der Waals surface area contributed by atoms with Gasteiger partial charge in [0.1, 0.15) is 0 Å². The van der Waals surface area contributed by atoms with Crippen molar-refractivity contribution in [3.63, 3.8) is 0 Å². The SMILES string of the molecule is Clc1ccccc1C(c1ccccn1)C1CCCCC1. The fourth-order valence-electron chi connectivity index (χ4n) is 3.41. The van der Waals surface area contributed by atoms with E-state index in [9.17, 15) is 0 Å². The Balaban J connectivity index is 2.01. The molecule has 0 aliphatic heterocycles. The molecule has 104 valence electrons. The summed E-state index contributed by atoms with van der Waals surface area (Å²) in [6.07, 6.45) is 8.49. The number of pyridine rings is 1. The Bertz CT molecular complexity index is 546. The van der Waals surface area contributed by atoms with Gasteiger partial charge in [0.2, 0.25) is 0 Å². The van der Waals surface area contributed by atoms with E-state index in [-0.39, 0.29) is 0 Å². The number of nitrogens with zero attached hydrogens (tertiary/aromatic N) is 1. The van der Waals surface area contributed by atoms with Crippen molar-refractivity contribution >= 4 is 11.6 Å². The molecule has 3 rings (SSSR count). The molecule has 1 saturated carbocycles. The van der Waals surface area contributed by atoms with E-state index in [0.29, 0.717) is 11.8 Å². The van der Waals surface area contributed by atoms with Crippen molar-refractivity contribution in [2.24, 2.45) is 5.92 Å². The zero-order valence-corrected chi connectivity index (χ0v) is 12.4. The quantitative estimate of drug-likeness (QED) is 0.731. The summed E-state index contributed by atoms with van der Waals surface area (Å²) in [6, 6.07) is 14.4. The van der Waals surface area contributed by atoms with E-state index >= 15 is 0 Å². The van der Waals surface area contributed by atoms with Gasteiger partial charge in [-0.25, -0.2) is 0 Å². The van der Waals surface area contributed by atoms with Crippen LogP contribution in [0.2, 0.25) is 5.02 Å². The number of rotatable bonds is 3. The van der Waals surface area contributed by atoms with Crippen LogP contribution >= 0.6 is 11.6 Å². The normalized spacial score (nSPS) is 17.9. The minimum Gasteiger partial charge on any atom is -0.261 e. The topological polar surface area (TPSA) is 12.9 Å². The van der Waals surface area contributed by atoms with Gasteiger partial charge in [-0.1, -0.05) is 55.1 Å². The largest absolute Gasteiger partial charge is 0.261 e. The fourth-order valence-corrected chi connectivity index (χ4v) is 3.66. The van der Waals surface area contributed by atoms with Crippen LogP contribution in [0.15, 0.2) is 48.7 Å². The minimum atomic E-state index is 0.338. The monoisotopic (exact) mass is 285 g/mol. The van der Waals surface area contributed by atoms with Crippen LogP contribution in [0.5, 0.6) is 0 Å². The molecule has 1 heterocycles. The van der Waals surface area contributed by atoms with Crippen LogP contribution in [0.1, 0.15) is 49.3 Å². The molecule has 1 aromatic carbocycles. The summed E-state index contributed by atoms with van der Waals surface area (Å²) < 4.78 is 0. The van der Waals surface area contributed by atoms with E-state index in [1.54, 1.807) is 0 Å². The molecule has 0 saturated heterocycles. The van der Waals surface area contributed by atoms with Crippen LogP contribution in [-0.4, -0.2) is 4.98 Å². The average molecular weight is 286 g/mol. The zero-order chi connectivity index (χ0) is 13.8. The third kappa shape index (κ3) is 2.88. The predicted molar refractivity (Wildman–Crippen MR) is 84.1 cm³/mol. The molecule has 1 atom stereocenters. The van der Waals surface area contributed by atoms with Crippen LogP contribution < -0.4 is 0 Å². The van der Waals surface area contributed by atoms with E-state index < -0.39 is 0 Å². The first kappa shape index (κ1) is 13.6. The van der Waals surface area contributed by atoms with Crippen molar-refractivity contribution in [1.82, 2.24) is 4.98 Å². The fraction of sp³-hybridized carbons (Fsp3) is 0.389. The number of hydrogen-bond donors (Lipinski definition) is 0. The Morgan fingerprint density at radius 2 is 1.70 bits per heavy atom. The van der Waals surface area contributed by atoms with Crippen LogP contribution in [0.25, 0.3) is 0 Å². The van der Waals surface area contributed by atoms with Gasteiger partial charge in [-0.05, 0) is 42.5 Å². The van der Waals surface area contributed by atoms with E-state index in [2.05, 4.69) is 29.2 Å². The third-order valence-corrected chi connectivity index (χ3v) is 4.71. The summed E-state index contributed by atoms with van der Waals surface area (Å²) in [5.74, 6) is 1.00. The molecule has 0 spiro atoms. The lowest BCUT2D eigenvalue weighted by atomic mass is 9.75. The van der Waals surface area contributed by atoms with Gasteiger partial charge in [0.25, 0.3) is 0 Å². The van der Waals surface area contributed by atoms with Gasteiger partial charge in [0.05, 0.1) is 0 Å². The average Bonchev–Trinajstić information content (AvgIpc) is 2.52. The molecule has 2 heteroatoms. The van der Waals surface area contributed by atoms with E-state index in [1.807, 2.05) is 24.4 Å². The molecule has 1 fully saturated rings. The molecule has 0 radical (unpaired) electrons. The van der Waals surface area contributed by atoms with Crippen LogP contribution in [-0.2, 0) is 0 Å². The number of hydrogen-bond acceptors (Lipinski definition) is 1. The molecule has 1 unspecified atom stereocenters. The second-order valence-corrected chi connectivity index (χ2v) is 6.06. The molecule has 20 heavy (non-hydrogen) atoms. The first-order valence-electron chi connectivity index (χ1n) is 7.51. The van der Waals surface area contributed by atoms with E-state index in [4.69, 9.17) is 11.6 Å².